The highest BCUT2D eigenvalue weighted by molar-refractivity contribution is 7.11. The van der Waals surface area contributed by atoms with E-state index in [1.165, 1.54) is 48.9 Å². The monoisotopic (exact) mass is 262 g/mol. The van der Waals surface area contributed by atoms with Crippen LogP contribution in [0.3, 0.4) is 0 Å². The van der Waals surface area contributed by atoms with Crippen LogP contribution >= 0.6 is 11.5 Å². The van der Waals surface area contributed by atoms with Gasteiger partial charge in [-0.1, -0.05) is 51.2 Å². The molecule has 0 aliphatic heterocycles. The van der Waals surface area contributed by atoms with Gasteiger partial charge in [0, 0.05) is 11.9 Å². The van der Waals surface area contributed by atoms with E-state index in [4.69, 9.17) is 0 Å². The Balaban J connectivity index is 1.70. The average molecular weight is 262 g/mol. The second-order valence-corrected chi connectivity index (χ2v) is 5.50. The molecule has 0 aliphatic carbocycles. The molecule has 0 saturated carbocycles. The van der Waals surface area contributed by atoms with E-state index in [-0.39, 0.29) is 0 Å². The molecule has 0 bridgehead atoms. The normalized spacial score (nSPS) is 10.9. The summed E-state index contributed by atoms with van der Waals surface area (Å²) < 4.78 is 4.44. The molecule has 1 heterocycles. The van der Waals surface area contributed by atoms with Crippen molar-refractivity contribution >= 4 is 27.4 Å². The summed E-state index contributed by atoms with van der Waals surface area (Å²) in [6, 6.07) is 8.33. The molecule has 98 valence electrons. The molecule has 0 aliphatic rings. The summed E-state index contributed by atoms with van der Waals surface area (Å²) in [4.78, 5) is 0. The molecule has 0 radical (unpaired) electrons. The van der Waals surface area contributed by atoms with Gasteiger partial charge in [0.1, 0.15) is 5.00 Å². The third-order valence-electron chi connectivity index (χ3n) is 3.20. The molecule has 0 amide bonds. The number of anilines is 1. The van der Waals surface area contributed by atoms with Gasteiger partial charge in [-0.05, 0) is 30.1 Å². The maximum Gasteiger partial charge on any atom is 0.117 e. The predicted octanol–water partition coefficient (Wildman–Crippen LogP) is 5.07. The lowest BCUT2D eigenvalue weighted by Gasteiger charge is -2.03. The standard InChI is InChI=1S/C15H22N2S/c1-2-3-4-5-6-9-12-16-15-13-10-7-8-11-14(13)17-18-15/h7-8,10-11,16H,2-6,9,12H2,1H3. The molecule has 1 aromatic heterocycles. The maximum absolute atomic E-state index is 4.44. The number of unbranched alkanes of at least 4 members (excludes halogenated alkanes) is 5. The molecule has 0 spiro atoms. The van der Waals surface area contributed by atoms with E-state index < -0.39 is 0 Å². The van der Waals surface area contributed by atoms with Crippen LogP contribution in [0.1, 0.15) is 45.4 Å². The first-order valence-electron chi connectivity index (χ1n) is 7.00. The lowest BCUT2D eigenvalue weighted by Crippen LogP contribution is -1.99. The van der Waals surface area contributed by atoms with Crippen LogP contribution in [0.4, 0.5) is 5.00 Å². The van der Waals surface area contributed by atoms with E-state index in [1.54, 1.807) is 11.5 Å². The first-order valence-corrected chi connectivity index (χ1v) is 7.77. The second-order valence-electron chi connectivity index (χ2n) is 4.72. The Hall–Kier alpha value is -1.09. The summed E-state index contributed by atoms with van der Waals surface area (Å²) in [7, 11) is 0. The summed E-state index contributed by atoms with van der Waals surface area (Å²) in [5, 5.41) is 5.99. The van der Waals surface area contributed by atoms with Crippen molar-refractivity contribution in [3.63, 3.8) is 0 Å². The maximum atomic E-state index is 4.44. The minimum absolute atomic E-state index is 1.07. The molecule has 0 fully saturated rings. The van der Waals surface area contributed by atoms with Gasteiger partial charge in [0.2, 0.25) is 0 Å². The Labute approximate surface area is 114 Å². The van der Waals surface area contributed by atoms with Crippen LogP contribution in [-0.2, 0) is 0 Å². The summed E-state index contributed by atoms with van der Waals surface area (Å²) in [5.74, 6) is 0. The average Bonchev–Trinajstić information content (AvgIpc) is 2.81. The number of benzene rings is 1. The number of nitrogens with one attached hydrogen (secondary N) is 1. The van der Waals surface area contributed by atoms with Gasteiger partial charge in [-0.25, -0.2) is 0 Å². The van der Waals surface area contributed by atoms with Crippen molar-refractivity contribution in [3.05, 3.63) is 24.3 Å². The SMILES string of the molecule is CCCCCCCCNc1snc2ccccc12. The number of rotatable bonds is 8. The van der Waals surface area contributed by atoms with E-state index in [1.807, 2.05) is 6.07 Å². The number of fused-ring (bicyclic) bond motifs is 1. The van der Waals surface area contributed by atoms with Gasteiger partial charge in [0.05, 0.1) is 5.52 Å². The van der Waals surface area contributed by atoms with Crippen molar-refractivity contribution in [1.29, 1.82) is 0 Å². The third-order valence-corrected chi connectivity index (χ3v) is 4.03. The van der Waals surface area contributed by atoms with Crippen molar-refractivity contribution in [1.82, 2.24) is 4.37 Å². The van der Waals surface area contributed by atoms with E-state index in [0.29, 0.717) is 0 Å². The highest BCUT2D eigenvalue weighted by Crippen LogP contribution is 2.27. The molecule has 2 aromatic rings. The molecular weight excluding hydrogens is 240 g/mol. The molecule has 3 heteroatoms. The van der Waals surface area contributed by atoms with Crippen molar-refractivity contribution < 1.29 is 0 Å². The van der Waals surface area contributed by atoms with Crippen molar-refractivity contribution in [3.8, 4) is 0 Å². The van der Waals surface area contributed by atoms with Gasteiger partial charge in [-0.2, -0.15) is 4.37 Å². The summed E-state index contributed by atoms with van der Waals surface area (Å²) >= 11 is 1.57. The molecular formula is C15H22N2S. The molecule has 2 rings (SSSR count). The van der Waals surface area contributed by atoms with Crippen LogP contribution in [0, 0.1) is 0 Å². The second kappa shape index (κ2) is 7.37. The van der Waals surface area contributed by atoms with Gasteiger partial charge < -0.3 is 5.32 Å². The minimum Gasteiger partial charge on any atom is -0.375 e. The molecule has 1 N–H and O–H groups in total. The molecule has 0 unspecified atom stereocenters. The van der Waals surface area contributed by atoms with Crippen molar-refractivity contribution in [2.24, 2.45) is 0 Å². The van der Waals surface area contributed by atoms with Crippen molar-refractivity contribution in [2.75, 3.05) is 11.9 Å². The van der Waals surface area contributed by atoms with E-state index >= 15 is 0 Å². The highest BCUT2D eigenvalue weighted by Gasteiger charge is 2.03. The van der Waals surface area contributed by atoms with Crippen molar-refractivity contribution in [2.45, 2.75) is 45.4 Å². The first kappa shape index (κ1) is 13.3. The smallest absolute Gasteiger partial charge is 0.117 e. The van der Waals surface area contributed by atoms with Crippen LogP contribution in [0.2, 0.25) is 0 Å². The first-order chi connectivity index (χ1) is 8.92. The predicted molar refractivity (Wildman–Crippen MR) is 81.5 cm³/mol. The topological polar surface area (TPSA) is 24.9 Å². The summed E-state index contributed by atoms with van der Waals surface area (Å²) in [6.07, 6.45) is 8.07. The number of aromatic nitrogens is 1. The van der Waals surface area contributed by atoms with Gasteiger partial charge in [0.25, 0.3) is 0 Å². The van der Waals surface area contributed by atoms with Gasteiger partial charge in [-0.15, -0.1) is 0 Å². The third kappa shape index (κ3) is 3.70. The Kier molecular flexibility index (Phi) is 5.46. The van der Waals surface area contributed by atoms with Crippen LogP contribution in [0.25, 0.3) is 10.9 Å². The summed E-state index contributed by atoms with van der Waals surface area (Å²) in [6.45, 7) is 3.33. The van der Waals surface area contributed by atoms with Crippen LogP contribution in [0.15, 0.2) is 24.3 Å². The van der Waals surface area contributed by atoms with Crippen LogP contribution in [-0.4, -0.2) is 10.9 Å². The zero-order valence-corrected chi connectivity index (χ0v) is 11.9. The number of hydrogen-bond acceptors (Lipinski definition) is 3. The fourth-order valence-corrected chi connectivity index (χ4v) is 2.91. The van der Waals surface area contributed by atoms with Crippen LogP contribution in [0.5, 0.6) is 0 Å². The highest BCUT2D eigenvalue weighted by atomic mass is 32.1. The summed E-state index contributed by atoms with van der Waals surface area (Å²) in [5.41, 5.74) is 1.10. The van der Waals surface area contributed by atoms with Gasteiger partial charge in [0.15, 0.2) is 0 Å². The zero-order chi connectivity index (χ0) is 12.6. The molecule has 1 aromatic carbocycles. The number of hydrogen-bond donors (Lipinski definition) is 1. The van der Waals surface area contributed by atoms with Gasteiger partial charge >= 0.3 is 0 Å². The van der Waals surface area contributed by atoms with E-state index in [0.717, 1.165) is 12.1 Å². The van der Waals surface area contributed by atoms with Gasteiger partial charge in [-0.3, -0.25) is 0 Å². The lowest BCUT2D eigenvalue weighted by molar-refractivity contribution is 0.617. The Bertz CT molecular complexity index is 464. The quantitative estimate of drug-likeness (QED) is 0.672. The van der Waals surface area contributed by atoms with Crippen LogP contribution < -0.4 is 5.32 Å². The fourth-order valence-electron chi connectivity index (χ4n) is 2.12. The molecule has 2 nitrogen and oxygen atoms in total. The van der Waals surface area contributed by atoms with E-state index in [2.05, 4.69) is 34.8 Å². The minimum atomic E-state index is 1.07. The van der Waals surface area contributed by atoms with E-state index in [9.17, 15) is 0 Å². The molecule has 0 atom stereocenters. The Morgan fingerprint density at radius 2 is 1.83 bits per heavy atom. The molecule has 18 heavy (non-hydrogen) atoms. The Morgan fingerprint density at radius 1 is 1.06 bits per heavy atom. The number of nitrogens with zero attached hydrogens (tertiary/aromatic N) is 1. The molecule has 0 saturated heterocycles. The zero-order valence-electron chi connectivity index (χ0n) is 11.1. The Morgan fingerprint density at radius 3 is 2.72 bits per heavy atom. The fraction of sp³-hybridized carbons (Fsp3) is 0.533. The lowest BCUT2D eigenvalue weighted by atomic mass is 10.1. The largest absolute Gasteiger partial charge is 0.375 e.